The van der Waals surface area contributed by atoms with Crippen LogP contribution in [-0.2, 0) is 4.79 Å². The Labute approximate surface area is 118 Å². The summed E-state index contributed by atoms with van der Waals surface area (Å²) < 4.78 is 5.27. The van der Waals surface area contributed by atoms with Gasteiger partial charge in [0.25, 0.3) is 0 Å². The van der Waals surface area contributed by atoms with Gasteiger partial charge < -0.3 is 10.1 Å². The summed E-state index contributed by atoms with van der Waals surface area (Å²) >= 11 is 0. The molecular formula is C17H17NO2. The van der Waals surface area contributed by atoms with E-state index in [-0.39, 0.29) is 5.91 Å². The van der Waals surface area contributed by atoms with Gasteiger partial charge in [0, 0.05) is 17.3 Å². The molecule has 3 heteroatoms. The normalized spacial score (nSPS) is 10.5. The lowest BCUT2D eigenvalue weighted by Crippen LogP contribution is -2.07. The first kappa shape index (κ1) is 13.9. The molecule has 2 aromatic rings. The van der Waals surface area contributed by atoms with Crippen LogP contribution in [0.2, 0.25) is 0 Å². The number of hydrogen-bond donors (Lipinski definition) is 1. The fourth-order valence-electron chi connectivity index (χ4n) is 1.85. The lowest BCUT2D eigenvalue weighted by molar-refractivity contribution is -0.111. The molecule has 0 fully saturated rings. The molecule has 0 spiro atoms. The van der Waals surface area contributed by atoms with Gasteiger partial charge in [-0.15, -0.1) is 0 Å². The fraction of sp³-hybridized carbons (Fsp3) is 0.118. The van der Waals surface area contributed by atoms with E-state index < -0.39 is 0 Å². The van der Waals surface area contributed by atoms with Gasteiger partial charge in [0.15, 0.2) is 0 Å². The van der Waals surface area contributed by atoms with Gasteiger partial charge in [-0.25, -0.2) is 0 Å². The molecule has 3 nitrogen and oxygen atoms in total. The number of methoxy groups -OCH3 is 1. The Morgan fingerprint density at radius 3 is 2.60 bits per heavy atom. The molecule has 0 unspecified atom stereocenters. The monoisotopic (exact) mass is 267 g/mol. The minimum atomic E-state index is -0.167. The molecule has 20 heavy (non-hydrogen) atoms. The van der Waals surface area contributed by atoms with E-state index in [4.69, 9.17) is 4.74 Å². The van der Waals surface area contributed by atoms with Crippen LogP contribution in [0.15, 0.2) is 54.6 Å². The van der Waals surface area contributed by atoms with E-state index in [2.05, 4.69) is 5.32 Å². The van der Waals surface area contributed by atoms with Crippen LogP contribution in [-0.4, -0.2) is 13.0 Å². The maximum atomic E-state index is 11.8. The molecule has 0 radical (unpaired) electrons. The zero-order valence-electron chi connectivity index (χ0n) is 11.6. The average molecular weight is 267 g/mol. The van der Waals surface area contributed by atoms with Crippen molar-refractivity contribution in [2.24, 2.45) is 0 Å². The lowest BCUT2D eigenvalue weighted by atomic mass is 10.1. The maximum absolute atomic E-state index is 11.8. The van der Waals surface area contributed by atoms with Crippen molar-refractivity contribution in [3.63, 3.8) is 0 Å². The van der Waals surface area contributed by atoms with E-state index in [1.807, 2.05) is 55.5 Å². The summed E-state index contributed by atoms with van der Waals surface area (Å²) in [5, 5.41) is 2.80. The van der Waals surface area contributed by atoms with Crippen molar-refractivity contribution in [1.29, 1.82) is 0 Å². The van der Waals surface area contributed by atoms with Crippen molar-refractivity contribution < 1.29 is 9.53 Å². The van der Waals surface area contributed by atoms with Gasteiger partial charge in [-0.2, -0.15) is 0 Å². The standard InChI is InChI=1S/C17H17NO2/c1-13-8-10-16(20-2)14(12-13)9-11-17(19)18-15-6-4-3-5-7-15/h3-12H,1-2H3,(H,18,19). The van der Waals surface area contributed by atoms with Crippen molar-refractivity contribution in [2.75, 3.05) is 12.4 Å². The number of carbonyl (C=O) groups excluding carboxylic acids is 1. The summed E-state index contributed by atoms with van der Waals surface area (Å²) in [7, 11) is 1.62. The highest BCUT2D eigenvalue weighted by atomic mass is 16.5. The van der Waals surface area contributed by atoms with Crippen molar-refractivity contribution >= 4 is 17.7 Å². The molecule has 0 aromatic heterocycles. The topological polar surface area (TPSA) is 38.3 Å². The Balaban J connectivity index is 2.09. The van der Waals surface area contributed by atoms with Crippen LogP contribution >= 0.6 is 0 Å². The highest BCUT2D eigenvalue weighted by Crippen LogP contribution is 2.21. The Morgan fingerprint density at radius 1 is 1.15 bits per heavy atom. The summed E-state index contributed by atoms with van der Waals surface area (Å²) in [6.45, 7) is 2.00. The van der Waals surface area contributed by atoms with Crippen LogP contribution in [0.25, 0.3) is 6.08 Å². The number of anilines is 1. The van der Waals surface area contributed by atoms with E-state index in [1.165, 1.54) is 6.08 Å². The van der Waals surface area contributed by atoms with Crippen molar-refractivity contribution in [3.8, 4) is 5.75 Å². The van der Waals surface area contributed by atoms with Crippen molar-refractivity contribution in [2.45, 2.75) is 6.92 Å². The number of amides is 1. The molecule has 2 rings (SSSR count). The number of aryl methyl sites for hydroxylation is 1. The van der Waals surface area contributed by atoms with Gasteiger partial charge in [-0.3, -0.25) is 4.79 Å². The molecule has 102 valence electrons. The van der Waals surface area contributed by atoms with Gasteiger partial charge >= 0.3 is 0 Å². The fourth-order valence-corrected chi connectivity index (χ4v) is 1.85. The Hall–Kier alpha value is -2.55. The van der Waals surface area contributed by atoms with Crippen LogP contribution < -0.4 is 10.1 Å². The molecule has 0 heterocycles. The number of hydrogen-bond acceptors (Lipinski definition) is 2. The SMILES string of the molecule is COc1ccc(C)cc1C=CC(=O)Nc1ccccc1. The first-order chi connectivity index (χ1) is 9.69. The Kier molecular flexibility index (Phi) is 4.56. The van der Waals surface area contributed by atoms with E-state index in [9.17, 15) is 4.79 Å². The first-order valence-electron chi connectivity index (χ1n) is 6.38. The summed E-state index contributed by atoms with van der Waals surface area (Å²) in [4.78, 5) is 11.8. The van der Waals surface area contributed by atoms with Crippen LogP contribution in [0.3, 0.4) is 0 Å². The third kappa shape index (κ3) is 3.72. The minimum absolute atomic E-state index is 0.167. The van der Waals surface area contributed by atoms with Crippen LogP contribution in [0.1, 0.15) is 11.1 Å². The third-order valence-electron chi connectivity index (χ3n) is 2.84. The van der Waals surface area contributed by atoms with Gasteiger partial charge in [-0.05, 0) is 37.3 Å². The predicted octanol–water partition coefficient (Wildman–Crippen LogP) is 3.66. The summed E-state index contributed by atoms with van der Waals surface area (Å²) in [6.07, 6.45) is 3.26. The number of ether oxygens (including phenoxy) is 1. The molecule has 0 bridgehead atoms. The van der Waals surface area contributed by atoms with Crippen LogP contribution in [0.4, 0.5) is 5.69 Å². The average Bonchev–Trinajstić information content (AvgIpc) is 2.46. The predicted molar refractivity (Wildman–Crippen MR) is 81.8 cm³/mol. The zero-order chi connectivity index (χ0) is 14.4. The van der Waals surface area contributed by atoms with Gasteiger partial charge in [0.2, 0.25) is 5.91 Å². The van der Waals surface area contributed by atoms with E-state index >= 15 is 0 Å². The highest BCUT2D eigenvalue weighted by molar-refractivity contribution is 6.02. The van der Waals surface area contributed by atoms with Crippen molar-refractivity contribution in [1.82, 2.24) is 0 Å². The summed E-state index contributed by atoms with van der Waals surface area (Å²) in [5.41, 5.74) is 2.78. The van der Waals surface area contributed by atoms with Crippen LogP contribution in [0, 0.1) is 6.92 Å². The first-order valence-corrected chi connectivity index (χ1v) is 6.38. The van der Waals surface area contributed by atoms with E-state index in [0.29, 0.717) is 0 Å². The maximum Gasteiger partial charge on any atom is 0.248 e. The second-order valence-electron chi connectivity index (χ2n) is 4.43. The molecule has 2 aromatic carbocycles. The quantitative estimate of drug-likeness (QED) is 0.859. The molecule has 0 saturated carbocycles. The largest absolute Gasteiger partial charge is 0.496 e. The highest BCUT2D eigenvalue weighted by Gasteiger charge is 2.01. The van der Waals surface area contributed by atoms with Gasteiger partial charge in [0.1, 0.15) is 5.75 Å². The Bertz CT molecular complexity index is 618. The Morgan fingerprint density at radius 2 is 1.90 bits per heavy atom. The molecule has 0 aliphatic rings. The number of benzene rings is 2. The number of rotatable bonds is 4. The third-order valence-corrected chi connectivity index (χ3v) is 2.84. The summed E-state index contributed by atoms with van der Waals surface area (Å²) in [5.74, 6) is 0.583. The molecule has 0 atom stereocenters. The lowest BCUT2D eigenvalue weighted by Gasteiger charge is -2.05. The van der Waals surface area contributed by atoms with Gasteiger partial charge in [-0.1, -0.05) is 29.8 Å². The molecule has 0 saturated heterocycles. The number of carbonyl (C=O) groups is 1. The second kappa shape index (κ2) is 6.57. The molecule has 0 aliphatic heterocycles. The molecular weight excluding hydrogens is 250 g/mol. The minimum Gasteiger partial charge on any atom is -0.496 e. The zero-order valence-corrected chi connectivity index (χ0v) is 11.6. The number of nitrogens with one attached hydrogen (secondary N) is 1. The van der Waals surface area contributed by atoms with Gasteiger partial charge in [0.05, 0.1) is 7.11 Å². The second-order valence-corrected chi connectivity index (χ2v) is 4.43. The molecule has 0 aliphatic carbocycles. The van der Waals surface area contributed by atoms with E-state index in [1.54, 1.807) is 13.2 Å². The number of para-hydroxylation sites is 1. The smallest absolute Gasteiger partial charge is 0.248 e. The van der Waals surface area contributed by atoms with E-state index in [0.717, 1.165) is 22.6 Å². The van der Waals surface area contributed by atoms with Crippen molar-refractivity contribution in [3.05, 3.63) is 65.7 Å². The molecule has 1 N–H and O–H groups in total. The van der Waals surface area contributed by atoms with Crippen LogP contribution in [0.5, 0.6) is 5.75 Å². The summed E-state index contributed by atoms with van der Waals surface area (Å²) in [6, 6.07) is 15.2. The molecule has 1 amide bonds.